The highest BCUT2D eigenvalue weighted by Crippen LogP contribution is 1.57. The maximum absolute atomic E-state index is 3.36. The van der Waals surface area contributed by atoms with E-state index < -0.39 is 0 Å². The first-order chi connectivity index (χ1) is 5.33. The number of hydrogen-bond donors (Lipinski definition) is 0. The first kappa shape index (κ1) is 30.0. The predicted molar refractivity (Wildman–Crippen MR) is 65.8 cm³/mol. The van der Waals surface area contributed by atoms with E-state index in [9.17, 15) is 0 Å². The maximum Gasteiger partial charge on any atom is -0.0470 e. The number of hydrogen-bond acceptors (Lipinski definition) is 0. The summed E-state index contributed by atoms with van der Waals surface area (Å²) in [6.07, 6.45) is 5.75. The third-order valence-corrected chi connectivity index (χ3v) is 0.333. The van der Waals surface area contributed by atoms with E-state index in [4.69, 9.17) is 0 Å². The van der Waals surface area contributed by atoms with Crippen LogP contribution in [-0.2, 0) is 0 Å². The first-order valence-electron chi connectivity index (χ1n) is 4.47. The molecule has 0 bridgehead atoms. The molecule has 0 aliphatic rings. The van der Waals surface area contributed by atoms with Crippen LogP contribution in [0.4, 0.5) is 0 Å². The van der Waals surface area contributed by atoms with Gasteiger partial charge < -0.3 is 0 Å². The summed E-state index contributed by atoms with van der Waals surface area (Å²) in [7, 11) is 0. The highest BCUT2D eigenvalue weighted by atomic mass is 13.4. The molecule has 0 fully saturated rings. The molecular formula is C12H30. The van der Waals surface area contributed by atoms with Crippen molar-refractivity contribution >= 4 is 0 Å². The van der Waals surface area contributed by atoms with E-state index >= 15 is 0 Å². The zero-order chi connectivity index (χ0) is 10.1. The second kappa shape index (κ2) is 153. The van der Waals surface area contributed by atoms with Crippen molar-refractivity contribution in [1.82, 2.24) is 0 Å². The molecule has 0 saturated carbocycles. The Morgan fingerprint density at radius 2 is 0.833 bits per heavy atom. The Morgan fingerprint density at radius 3 is 0.833 bits per heavy atom. The molecular weight excluding hydrogens is 144 g/mol. The summed E-state index contributed by atoms with van der Waals surface area (Å²) in [6, 6.07) is 0. The van der Waals surface area contributed by atoms with E-state index in [1.54, 1.807) is 6.08 Å². The molecule has 0 aromatic rings. The van der Waals surface area contributed by atoms with Crippen molar-refractivity contribution in [1.29, 1.82) is 0 Å². The van der Waals surface area contributed by atoms with Crippen LogP contribution >= 0.6 is 0 Å². The first-order valence-corrected chi connectivity index (χ1v) is 4.47. The third kappa shape index (κ3) is 2960. The van der Waals surface area contributed by atoms with Gasteiger partial charge in [-0.3, -0.25) is 0 Å². The van der Waals surface area contributed by atoms with Crippen LogP contribution in [0.2, 0.25) is 0 Å². The maximum atomic E-state index is 3.36. The fourth-order valence-corrected chi connectivity index (χ4v) is 0. The second-order valence-corrected chi connectivity index (χ2v) is 1.07. The van der Waals surface area contributed by atoms with Gasteiger partial charge in [0.15, 0.2) is 0 Å². The smallest absolute Gasteiger partial charge is 0.0470 e. The van der Waals surface area contributed by atoms with E-state index in [0.717, 1.165) is 0 Å². The Morgan fingerprint density at radius 1 is 0.750 bits per heavy atom. The average molecular weight is 174 g/mol. The lowest BCUT2D eigenvalue weighted by Gasteiger charge is -1.49. The Labute approximate surface area is 81.4 Å². The highest BCUT2D eigenvalue weighted by Gasteiger charge is 1.34. The van der Waals surface area contributed by atoms with Gasteiger partial charge in [-0.15, -0.1) is 6.58 Å². The van der Waals surface area contributed by atoms with Crippen molar-refractivity contribution in [3.05, 3.63) is 24.8 Å². The molecule has 0 atom stereocenters. The lowest BCUT2D eigenvalue weighted by Crippen LogP contribution is -1.26. The zero-order valence-electron chi connectivity index (χ0n) is 9.44. The van der Waals surface area contributed by atoms with Gasteiger partial charge in [-0.2, -0.15) is 0 Å². The van der Waals surface area contributed by atoms with Gasteiger partial charge in [0, 0.05) is 0 Å². The molecule has 0 amide bonds. The lowest BCUT2D eigenvalue weighted by molar-refractivity contribution is 1.50. The van der Waals surface area contributed by atoms with Crippen molar-refractivity contribution in [3.8, 4) is 0 Å². The van der Waals surface area contributed by atoms with E-state index in [0.29, 0.717) is 0 Å². The number of allylic oxidation sites excluding steroid dienone is 3. The van der Waals surface area contributed by atoms with Crippen LogP contribution in [0.5, 0.6) is 0 Å². The van der Waals surface area contributed by atoms with Crippen molar-refractivity contribution in [2.75, 3.05) is 0 Å². The molecule has 78 valence electrons. The minimum Gasteiger partial charge on any atom is -0.103 e. The normalized spacial score (nSPS) is 5.25. The van der Waals surface area contributed by atoms with Crippen LogP contribution in [-0.4, -0.2) is 0 Å². The van der Waals surface area contributed by atoms with Crippen LogP contribution < -0.4 is 0 Å². The van der Waals surface area contributed by atoms with E-state index in [1.807, 2.05) is 60.6 Å². The molecule has 12 heavy (non-hydrogen) atoms. The minimum atomic E-state index is 0. The average Bonchev–Trinajstić information content (AvgIpc) is 2.12. The summed E-state index contributed by atoms with van der Waals surface area (Å²) in [4.78, 5) is 0. The molecule has 0 saturated heterocycles. The van der Waals surface area contributed by atoms with Crippen LogP contribution in [0.3, 0.4) is 0 Å². The molecule has 0 radical (unpaired) electrons. The Bertz CT molecular complexity index is 38.0. The summed E-state index contributed by atoms with van der Waals surface area (Å²) < 4.78 is 0. The fraction of sp³-hybridized carbons (Fsp3) is 0.667. The van der Waals surface area contributed by atoms with Crippen LogP contribution in [0.1, 0.15) is 55.9 Å². The lowest BCUT2D eigenvalue weighted by atomic mass is 10.6. The van der Waals surface area contributed by atoms with Gasteiger partial charge in [-0.1, -0.05) is 53.3 Å². The van der Waals surface area contributed by atoms with E-state index in [-0.39, 0.29) is 7.43 Å². The summed E-state index contributed by atoms with van der Waals surface area (Å²) in [5, 5.41) is 0. The quantitative estimate of drug-likeness (QED) is 0.428. The highest BCUT2D eigenvalue weighted by molar-refractivity contribution is 4.68. The summed E-state index contributed by atoms with van der Waals surface area (Å²) in [6.45, 7) is 17.2. The van der Waals surface area contributed by atoms with Crippen molar-refractivity contribution in [2.45, 2.75) is 55.9 Å². The van der Waals surface area contributed by atoms with Gasteiger partial charge in [0.1, 0.15) is 0 Å². The summed E-state index contributed by atoms with van der Waals surface area (Å²) >= 11 is 0. The summed E-state index contributed by atoms with van der Waals surface area (Å²) in [5.41, 5.74) is 0. The van der Waals surface area contributed by atoms with Gasteiger partial charge in [0.05, 0.1) is 0 Å². The Hall–Kier alpha value is -0.520. The van der Waals surface area contributed by atoms with Crippen molar-refractivity contribution < 1.29 is 0 Å². The van der Waals surface area contributed by atoms with Crippen molar-refractivity contribution in [2.24, 2.45) is 0 Å². The molecule has 0 spiro atoms. The van der Waals surface area contributed by atoms with Crippen LogP contribution in [0, 0.1) is 0 Å². The van der Waals surface area contributed by atoms with Gasteiger partial charge in [0.25, 0.3) is 0 Å². The molecule has 0 nitrogen and oxygen atoms in total. The molecule has 0 rings (SSSR count). The van der Waals surface area contributed by atoms with Gasteiger partial charge in [-0.25, -0.2) is 0 Å². The molecule has 0 aromatic heterocycles. The zero-order valence-corrected chi connectivity index (χ0v) is 9.44. The van der Waals surface area contributed by atoms with E-state index in [2.05, 4.69) is 6.58 Å². The van der Waals surface area contributed by atoms with E-state index in [1.165, 1.54) is 0 Å². The van der Waals surface area contributed by atoms with Crippen LogP contribution in [0.15, 0.2) is 24.8 Å². The Balaban J connectivity index is -0.0000000186. The SMILES string of the molecule is C.C/C=C\C.C=CC.CC.CC. The molecule has 0 heterocycles. The number of rotatable bonds is 0. The summed E-state index contributed by atoms with van der Waals surface area (Å²) in [5.74, 6) is 0. The largest absolute Gasteiger partial charge is 0.103 e. The molecule has 0 aliphatic heterocycles. The molecule has 0 unspecified atom stereocenters. The van der Waals surface area contributed by atoms with Crippen molar-refractivity contribution in [3.63, 3.8) is 0 Å². The van der Waals surface area contributed by atoms with Gasteiger partial charge in [-0.05, 0) is 20.8 Å². The van der Waals surface area contributed by atoms with Crippen LogP contribution in [0.25, 0.3) is 0 Å². The molecule has 0 heteroatoms. The second-order valence-electron chi connectivity index (χ2n) is 1.07. The topological polar surface area (TPSA) is 0 Å². The monoisotopic (exact) mass is 174 g/mol. The third-order valence-electron chi connectivity index (χ3n) is 0.333. The predicted octanol–water partition coefficient (Wildman–Crippen LogP) is 5.46. The molecule has 0 aliphatic carbocycles. The molecule has 0 N–H and O–H groups in total. The molecule has 0 aromatic carbocycles. The standard InChI is InChI=1S/C4H8.C3H6.2C2H6.CH4/c1-3-4-2;1-3-2;2*1-2;/h3-4H,1-2H3;3H,1H2,2H3;2*1-2H3;1H4/b4-3-;;;;. The Kier molecular flexibility index (Phi) is 383. The van der Waals surface area contributed by atoms with Gasteiger partial charge in [0.2, 0.25) is 0 Å². The van der Waals surface area contributed by atoms with Gasteiger partial charge >= 0.3 is 0 Å². The fourth-order valence-electron chi connectivity index (χ4n) is 0. The minimum absolute atomic E-state index is 0.